The first-order valence-electron chi connectivity index (χ1n) is 5.79. The fourth-order valence-corrected chi connectivity index (χ4v) is 2.66. The SMILES string of the molecule is O=c1[nH]c(=O)n([C@@H]2O[C@H](COP(=O)(O)O)C(O)C2F)cc1I. The van der Waals surface area contributed by atoms with Crippen LogP contribution in [0.4, 0.5) is 4.39 Å². The van der Waals surface area contributed by atoms with Crippen LogP contribution in [0.15, 0.2) is 15.8 Å². The molecule has 13 heteroatoms. The van der Waals surface area contributed by atoms with Gasteiger partial charge in [0, 0.05) is 6.20 Å². The number of ether oxygens (including phenoxy) is 1. The quantitative estimate of drug-likeness (QED) is 0.330. The van der Waals surface area contributed by atoms with Gasteiger partial charge in [-0.15, -0.1) is 0 Å². The summed E-state index contributed by atoms with van der Waals surface area (Å²) in [6.07, 6.45) is -5.70. The first-order valence-corrected chi connectivity index (χ1v) is 8.39. The van der Waals surface area contributed by atoms with Crippen molar-refractivity contribution >= 4 is 30.4 Å². The third kappa shape index (κ3) is 3.82. The van der Waals surface area contributed by atoms with Crippen LogP contribution < -0.4 is 11.2 Å². The number of hydrogen-bond donors (Lipinski definition) is 4. The molecule has 22 heavy (non-hydrogen) atoms. The van der Waals surface area contributed by atoms with Crippen LogP contribution in [0.2, 0.25) is 0 Å². The number of halogens is 2. The highest BCUT2D eigenvalue weighted by Gasteiger charge is 2.46. The lowest BCUT2D eigenvalue weighted by Gasteiger charge is -2.16. The monoisotopic (exact) mass is 452 g/mol. The molecule has 0 aromatic carbocycles. The largest absolute Gasteiger partial charge is 0.469 e. The van der Waals surface area contributed by atoms with Crippen molar-refractivity contribution in [3.8, 4) is 0 Å². The maximum Gasteiger partial charge on any atom is 0.469 e. The molecule has 2 unspecified atom stereocenters. The van der Waals surface area contributed by atoms with Gasteiger partial charge in [-0.25, -0.2) is 13.8 Å². The van der Waals surface area contributed by atoms with Crippen molar-refractivity contribution in [3.05, 3.63) is 30.6 Å². The predicted octanol–water partition coefficient (Wildman–Crippen LogP) is -1.15. The fraction of sp³-hybridized carbons (Fsp3) is 0.556. The molecule has 0 radical (unpaired) electrons. The summed E-state index contributed by atoms with van der Waals surface area (Å²) in [6, 6.07) is 0. The zero-order valence-electron chi connectivity index (χ0n) is 10.6. The van der Waals surface area contributed by atoms with Crippen molar-refractivity contribution in [1.29, 1.82) is 0 Å². The molecule has 2 rings (SSSR count). The van der Waals surface area contributed by atoms with Gasteiger partial charge in [-0.1, -0.05) is 0 Å². The zero-order chi connectivity index (χ0) is 16.7. The summed E-state index contributed by atoms with van der Waals surface area (Å²) < 4.78 is 34.8. The lowest BCUT2D eigenvalue weighted by molar-refractivity contribution is -0.0484. The fourth-order valence-electron chi connectivity index (χ4n) is 1.89. The van der Waals surface area contributed by atoms with Crippen LogP contribution in [0, 0.1) is 3.57 Å². The van der Waals surface area contributed by atoms with Gasteiger partial charge in [0.1, 0.15) is 12.2 Å². The van der Waals surface area contributed by atoms with Crippen molar-refractivity contribution in [1.82, 2.24) is 9.55 Å². The minimum absolute atomic E-state index is 0.0948. The van der Waals surface area contributed by atoms with Gasteiger partial charge in [-0.3, -0.25) is 18.9 Å². The van der Waals surface area contributed by atoms with Crippen molar-refractivity contribution in [2.75, 3.05) is 6.61 Å². The first-order chi connectivity index (χ1) is 10.1. The summed E-state index contributed by atoms with van der Waals surface area (Å²) in [5, 5.41) is 9.68. The zero-order valence-corrected chi connectivity index (χ0v) is 13.7. The van der Waals surface area contributed by atoms with E-state index in [1.807, 2.05) is 4.98 Å². The van der Waals surface area contributed by atoms with Gasteiger partial charge in [0.05, 0.1) is 10.2 Å². The third-order valence-corrected chi connectivity index (χ3v) is 4.15. The van der Waals surface area contributed by atoms with E-state index in [0.717, 1.165) is 10.8 Å². The lowest BCUT2D eigenvalue weighted by Crippen LogP contribution is -2.37. The van der Waals surface area contributed by atoms with Gasteiger partial charge in [0.2, 0.25) is 0 Å². The number of nitrogens with zero attached hydrogens (tertiary/aromatic N) is 1. The van der Waals surface area contributed by atoms with Crippen LogP contribution in [0.3, 0.4) is 0 Å². The Bertz CT molecular complexity index is 716. The molecule has 1 aromatic rings. The Labute approximate surface area is 135 Å². The molecule has 2 heterocycles. The molecular weight excluding hydrogens is 441 g/mol. The maximum absolute atomic E-state index is 14.1. The Morgan fingerprint density at radius 3 is 2.73 bits per heavy atom. The Morgan fingerprint density at radius 1 is 1.50 bits per heavy atom. The molecule has 10 nitrogen and oxygen atoms in total. The van der Waals surface area contributed by atoms with Crippen LogP contribution in [-0.2, 0) is 13.8 Å². The molecule has 0 spiro atoms. The van der Waals surface area contributed by atoms with Crippen molar-refractivity contribution in [2.45, 2.75) is 24.6 Å². The molecule has 0 bridgehead atoms. The van der Waals surface area contributed by atoms with Crippen LogP contribution in [0.5, 0.6) is 0 Å². The number of aliphatic hydroxyl groups excluding tert-OH is 1. The van der Waals surface area contributed by atoms with E-state index in [2.05, 4.69) is 4.52 Å². The van der Waals surface area contributed by atoms with Gasteiger partial charge >= 0.3 is 13.5 Å². The molecule has 124 valence electrons. The molecule has 1 aliphatic rings. The molecule has 4 atom stereocenters. The number of H-pyrrole nitrogens is 1. The van der Waals surface area contributed by atoms with E-state index >= 15 is 0 Å². The summed E-state index contributed by atoms with van der Waals surface area (Å²) in [5.41, 5.74) is -1.60. The number of phosphoric ester groups is 1. The van der Waals surface area contributed by atoms with E-state index in [-0.39, 0.29) is 3.57 Å². The molecule has 0 aliphatic carbocycles. The number of aromatic amines is 1. The number of hydrogen-bond acceptors (Lipinski definition) is 6. The average molecular weight is 452 g/mol. The third-order valence-electron chi connectivity index (χ3n) is 2.90. The number of phosphoric acid groups is 1. The van der Waals surface area contributed by atoms with Crippen LogP contribution in [0.25, 0.3) is 0 Å². The van der Waals surface area contributed by atoms with Gasteiger partial charge < -0.3 is 19.6 Å². The van der Waals surface area contributed by atoms with E-state index in [4.69, 9.17) is 14.5 Å². The topological polar surface area (TPSA) is 151 Å². The second-order valence-corrected chi connectivity index (χ2v) is 6.83. The second kappa shape index (κ2) is 6.47. The highest BCUT2D eigenvalue weighted by molar-refractivity contribution is 14.1. The number of rotatable bonds is 4. The molecule has 0 saturated carbocycles. The summed E-state index contributed by atoms with van der Waals surface area (Å²) >= 11 is 1.63. The lowest BCUT2D eigenvalue weighted by atomic mass is 10.1. The Kier molecular flexibility index (Phi) is 5.21. The first kappa shape index (κ1) is 17.7. The molecule has 1 fully saturated rings. The number of alkyl halides is 1. The van der Waals surface area contributed by atoms with Crippen molar-refractivity contribution < 1.29 is 33.1 Å². The van der Waals surface area contributed by atoms with E-state index < -0.39 is 50.3 Å². The Morgan fingerprint density at radius 2 is 2.14 bits per heavy atom. The van der Waals surface area contributed by atoms with Gasteiger partial charge in [-0.2, -0.15) is 0 Å². The van der Waals surface area contributed by atoms with E-state index in [1.54, 1.807) is 22.6 Å². The normalized spacial score (nSPS) is 29.0. The molecule has 1 aliphatic heterocycles. The summed E-state index contributed by atoms with van der Waals surface area (Å²) in [7, 11) is -4.81. The Balaban J connectivity index is 2.23. The maximum atomic E-state index is 14.1. The van der Waals surface area contributed by atoms with Crippen molar-refractivity contribution in [3.63, 3.8) is 0 Å². The standard InChI is InChI=1S/C9H11FIN2O8P/c10-5-6(14)4(2-20-22(17,18)19)21-8(5)13-1-3(11)7(15)12-9(13)16/h1,4-6,8,14H,2H2,(H,12,15,16)(H2,17,18,19)/t4-,5?,6?,8-/m1/s1. The highest BCUT2D eigenvalue weighted by atomic mass is 127. The second-order valence-electron chi connectivity index (χ2n) is 4.43. The Hall–Kier alpha value is -0.630. The summed E-state index contributed by atoms with van der Waals surface area (Å²) in [6.45, 7) is -0.766. The van der Waals surface area contributed by atoms with Crippen LogP contribution in [0.1, 0.15) is 6.23 Å². The molecule has 1 aromatic heterocycles. The highest BCUT2D eigenvalue weighted by Crippen LogP contribution is 2.38. The summed E-state index contributed by atoms with van der Waals surface area (Å²) in [5.74, 6) is 0. The van der Waals surface area contributed by atoms with E-state index in [1.165, 1.54) is 0 Å². The molecular formula is C9H11FIN2O8P. The number of aromatic nitrogens is 2. The minimum Gasteiger partial charge on any atom is -0.387 e. The summed E-state index contributed by atoms with van der Waals surface area (Å²) in [4.78, 5) is 42.1. The number of nitrogens with one attached hydrogen (secondary N) is 1. The molecule has 0 amide bonds. The smallest absolute Gasteiger partial charge is 0.387 e. The average Bonchev–Trinajstić information content (AvgIpc) is 2.68. The minimum atomic E-state index is -4.81. The van der Waals surface area contributed by atoms with Crippen LogP contribution >= 0.6 is 30.4 Å². The molecule has 1 saturated heterocycles. The predicted molar refractivity (Wildman–Crippen MR) is 76.8 cm³/mol. The van der Waals surface area contributed by atoms with Crippen LogP contribution in [-0.4, -0.2) is 49.4 Å². The molecule has 4 N–H and O–H groups in total. The van der Waals surface area contributed by atoms with Gasteiger partial charge in [0.15, 0.2) is 12.4 Å². The van der Waals surface area contributed by atoms with Gasteiger partial charge in [-0.05, 0) is 22.6 Å². The van der Waals surface area contributed by atoms with E-state index in [9.17, 15) is 23.7 Å². The van der Waals surface area contributed by atoms with E-state index in [0.29, 0.717) is 0 Å². The van der Waals surface area contributed by atoms with Gasteiger partial charge in [0.25, 0.3) is 5.56 Å². The van der Waals surface area contributed by atoms with Crippen molar-refractivity contribution in [2.24, 2.45) is 0 Å². The number of aliphatic hydroxyl groups is 1.